The number of nitrogens with zero attached hydrogens (tertiary/aromatic N) is 2. The van der Waals surface area contributed by atoms with E-state index < -0.39 is 34.8 Å². The van der Waals surface area contributed by atoms with Crippen LogP contribution < -0.4 is 10.3 Å². The van der Waals surface area contributed by atoms with Gasteiger partial charge in [0, 0.05) is 19.8 Å². The Labute approximate surface area is 135 Å². The third kappa shape index (κ3) is 3.32. The summed E-state index contributed by atoms with van der Waals surface area (Å²) in [5, 5.41) is 3.69. The maximum Gasteiger partial charge on any atom is 0.200 e. The molecule has 0 heterocycles. The normalized spacial score (nSPS) is 11.6. The quantitative estimate of drug-likeness (QED) is 0.295. The summed E-state index contributed by atoms with van der Waals surface area (Å²) in [4.78, 5) is 1.88. The van der Waals surface area contributed by atoms with Gasteiger partial charge in [0.1, 0.15) is 5.69 Å². The van der Waals surface area contributed by atoms with Crippen molar-refractivity contribution in [3.05, 3.63) is 58.9 Å². The van der Waals surface area contributed by atoms with Crippen molar-refractivity contribution in [2.24, 2.45) is 5.10 Å². The molecule has 0 aromatic heterocycles. The molecule has 0 aliphatic rings. The van der Waals surface area contributed by atoms with Crippen LogP contribution in [0.3, 0.4) is 0 Å². The van der Waals surface area contributed by atoms with Gasteiger partial charge in [0.05, 0.1) is 5.71 Å². The second kappa shape index (κ2) is 6.86. The van der Waals surface area contributed by atoms with Gasteiger partial charge in [-0.2, -0.15) is 5.10 Å². The zero-order valence-corrected chi connectivity index (χ0v) is 13.1. The molecule has 0 radical (unpaired) electrons. The molecule has 0 amide bonds. The number of anilines is 2. The summed E-state index contributed by atoms with van der Waals surface area (Å²) in [7, 11) is 3.72. The summed E-state index contributed by atoms with van der Waals surface area (Å²) < 4.78 is 66.3. The van der Waals surface area contributed by atoms with E-state index in [2.05, 4.69) is 5.10 Å². The number of halogens is 5. The molecule has 0 saturated carbocycles. The second-order valence-electron chi connectivity index (χ2n) is 5.20. The van der Waals surface area contributed by atoms with E-state index in [-0.39, 0.29) is 0 Å². The van der Waals surface area contributed by atoms with Crippen LogP contribution in [0.15, 0.2) is 29.4 Å². The molecule has 0 aliphatic heterocycles. The molecule has 0 atom stereocenters. The number of hydrazone groups is 1. The van der Waals surface area contributed by atoms with Crippen LogP contribution in [0.2, 0.25) is 0 Å². The Morgan fingerprint density at radius 1 is 0.833 bits per heavy atom. The summed E-state index contributed by atoms with van der Waals surface area (Å²) in [6, 6.07) is 7.03. The summed E-state index contributed by atoms with van der Waals surface area (Å²) in [5.41, 5.74) is 2.57. The van der Waals surface area contributed by atoms with Gasteiger partial charge in [0.25, 0.3) is 0 Å². The third-order valence-electron chi connectivity index (χ3n) is 3.35. The molecule has 128 valence electrons. The Kier molecular flexibility index (Phi) is 5.06. The van der Waals surface area contributed by atoms with Crippen LogP contribution in [0.1, 0.15) is 12.5 Å². The molecule has 0 unspecified atom stereocenters. The Hall–Kier alpha value is -2.64. The zero-order chi connectivity index (χ0) is 18.0. The van der Waals surface area contributed by atoms with E-state index in [1.807, 2.05) is 24.4 Å². The molecular formula is C16H14F5N3. The monoisotopic (exact) mass is 343 g/mol. The average Bonchev–Trinajstić information content (AvgIpc) is 2.58. The van der Waals surface area contributed by atoms with E-state index in [0.29, 0.717) is 11.3 Å². The van der Waals surface area contributed by atoms with Gasteiger partial charge >= 0.3 is 0 Å². The fourth-order valence-corrected chi connectivity index (χ4v) is 1.91. The second-order valence-corrected chi connectivity index (χ2v) is 5.20. The third-order valence-corrected chi connectivity index (χ3v) is 3.35. The van der Waals surface area contributed by atoms with Gasteiger partial charge in [-0.1, -0.05) is 12.1 Å². The molecule has 8 heteroatoms. The Morgan fingerprint density at radius 2 is 1.29 bits per heavy atom. The summed E-state index contributed by atoms with van der Waals surface area (Å²) >= 11 is 0. The largest absolute Gasteiger partial charge is 0.378 e. The van der Waals surface area contributed by atoms with E-state index in [9.17, 15) is 22.0 Å². The lowest BCUT2D eigenvalue weighted by molar-refractivity contribution is 0.381. The Bertz CT molecular complexity index is 756. The lowest BCUT2D eigenvalue weighted by atomic mass is 10.1. The van der Waals surface area contributed by atoms with Gasteiger partial charge in [-0.3, -0.25) is 5.43 Å². The van der Waals surface area contributed by atoms with Crippen LogP contribution in [-0.4, -0.2) is 19.8 Å². The number of hydrogen-bond acceptors (Lipinski definition) is 3. The first-order valence-electron chi connectivity index (χ1n) is 6.83. The maximum atomic E-state index is 13.5. The van der Waals surface area contributed by atoms with Crippen LogP contribution >= 0.6 is 0 Å². The molecule has 2 aromatic carbocycles. The number of benzene rings is 2. The molecule has 0 saturated heterocycles. The van der Waals surface area contributed by atoms with Crippen LogP contribution in [-0.2, 0) is 0 Å². The minimum atomic E-state index is -2.21. The van der Waals surface area contributed by atoms with E-state index in [1.165, 1.54) is 6.92 Å². The number of rotatable bonds is 4. The van der Waals surface area contributed by atoms with Crippen molar-refractivity contribution >= 4 is 17.1 Å². The highest BCUT2D eigenvalue weighted by Crippen LogP contribution is 2.27. The van der Waals surface area contributed by atoms with Gasteiger partial charge in [-0.15, -0.1) is 0 Å². The highest BCUT2D eigenvalue weighted by molar-refractivity contribution is 5.99. The van der Waals surface area contributed by atoms with Crippen molar-refractivity contribution in [3.63, 3.8) is 0 Å². The fraction of sp³-hybridized carbons (Fsp3) is 0.188. The van der Waals surface area contributed by atoms with Gasteiger partial charge in [-0.05, 0) is 24.6 Å². The van der Waals surface area contributed by atoms with Gasteiger partial charge in [0.15, 0.2) is 23.3 Å². The Balaban J connectivity index is 2.30. The standard InChI is InChI=1S/C16H14F5N3/c1-8(9-4-6-10(7-5-9)24(2)3)22-23-16-14(20)12(18)11(17)13(19)15(16)21/h4-7,23H,1-3H3/b22-8-. The molecule has 0 aliphatic carbocycles. The topological polar surface area (TPSA) is 27.6 Å². The van der Waals surface area contributed by atoms with Crippen molar-refractivity contribution in [2.75, 3.05) is 24.4 Å². The smallest absolute Gasteiger partial charge is 0.200 e. The predicted molar refractivity (Wildman–Crippen MR) is 82.8 cm³/mol. The van der Waals surface area contributed by atoms with Crippen LogP contribution in [0.5, 0.6) is 0 Å². The molecule has 3 nitrogen and oxygen atoms in total. The summed E-state index contributed by atoms with van der Waals surface area (Å²) in [6.45, 7) is 1.53. The molecule has 24 heavy (non-hydrogen) atoms. The van der Waals surface area contributed by atoms with E-state index in [4.69, 9.17) is 0 Å². The van der Waals surface area contributed by atoms with Gasteiger partial charge in [-0.25, -0.2) is 22.0 Å². The molecule has 1 N–H and O–H groups in total. The number of hydrogen-bond donors (Lipinski definition) is 1. The molecule has 0 bridgehead atoms. The van der Waals surface area contributed by atoms with Crippen molar-refractivity contribution in [3.8, 4) is 0 Å². The van der Waals surface area contributed by atoms with Gasteiger partial charge in [0.2, 0.25) is 5.82 Å². The highest BCUT2D eigenvalue weighted by atomic mass is 19.2. The van der Waals surface area contributed by atoms with Crippen LogP contribution in [0, 0.1) is 29.1 Å². The van der Waals surface area contributed by atoms with E-state index in [1.54, 1.807) is 24.3 Å². The molecule has 0 spiro atoms. The SMILES string of the molecule is C/C(=N/Nc1c(F)c(F)c(F)c(F)c1F)c1ccc(N(C)C)cc1. The first-order valence-corrected chi connectivity index (χ1v) is 6.83. The zero-order valence-electron chi connectivity index (χ0n) is 13.1. The van der Waals surface area contributed by atoms with Crippen molar-refractivity contribution in [1.82, 2.24) is 0 Å². The number of nitrogens with one attached hydrogen (secondary N) is 1. The van der Waals surface area contributed by atoms with Crippen molar-refractivity contribution < 1.29 is 22.0 Å². The molecular weight excluding hydrogens is 329 g/mol. The lowest BCUT2D eigenvalue weighted by Gasteiger charge is -2.12. The molecule has 2 aromatic rings. The highest BCUT2D eigenvalue weighted by Gasteiger charge is 2.25. The van der Waals surface area contributed by atoms with Crippen molar-refractivity contribution in [2.45, 2.75) is 6.92 Å². The van der Waals surface area contributed by atoms with E-state index >= 15 is 0 Å². The first-order chi connectivity index (χ1) is 11.2. The Morgan fingerprint density at radius 3 is 1.75 bits per heavy atom. The van der Waals surface area contributed by atoms with Crippen LogP contribution in [0.25, 0.3) is 0 Å². The lowest BCUT2D eigenvalue weighted by Crippen LogP contribution is -2.09. The summed E-state index contributed by atoms with van der Waals surface area (Å²) in [6.07, 6.45) is 0. The molecule has 2 rings (SSSR count). The minimum Gasteiger partial charge on any atom is -0.378 e. The van der Waals surface area contributed by atoms with E-state index in [0.717, 1.165) is 5.69 Å². The maximum absolute atomic E-state index is 13.5. The summed E-state index contributed by atoms with van der Waals surface area (Å²) in [5.74, 6) is -10.2. The minimum absolute atomic E-state index is 0.309. The molecule has 0 fully saturated rings. The average molecular weight is 343 g/mol. The van der Waals surface area contributed by atoms with Gasteiger partial charge < -0.3 is 4.90 Å². The van der Waals surface area contributed by atoms with Crippen LogP contribution in [0.4, 0.5) is 33.3 Å². The fourth-order valence-electron chi connectivity index (χ4n) is 1.91. The van der Waals surface area contributed by atoms with Crippen molar-refractivity contribution in [1.29, 1.82) is 0 Å². The first kappa shape index (κ1) is 17.7. The predicted octanol–water partition coefficient (Wildman–Crippen LogP) is 4.28.